The van der Waals surface area contributed by atoms with E-state index in [1.54, 1.807) is 36.5 Å². The Bertz CT molecular complexity index is 794. The Morgan fingerprint density at radius 2 is 1.91 bits per heavy atom. The van der Waals surface area contributed by atoms with Crippen LogP contribution in [0.3, 0.4) is 0 Å². The van der Waals surface area contributed by atoms with Gasteiger partial charge in [-0.2, -0.15) is 8.42 Å². The normalized spacial score (nSPS) is 21.7. The minimum Gasteiger partial charge on any atom is -0.337 e. The summed E-state index contributed by atoms with van der Waals surface area (Å²) in [4.78, 5) is 5.21. The van der Waals surface area contributed by atoms with E-state index in [1.165, 1.54) is 4.31 Å². The first kappa shape index (κ1) is 15.4. The average molecular weight is 337 g/mol. The van der Waals surface area contributed by atoms with Gasteiger partial charge in [-0.15, -0.1) is 11.8 Å². The maximum Gasteiger partial charge on any atom is 0.283 e. The van der Waals surface area contributed by atoms with Gasteiger partial charge in [-0.25, -0.2) is 4.98 Å². The molecule has 0 amide bonds. The van der Waals surface area contributed by atoms with E-state index in [9.17, 15) is 8.42 Å². The Balaban J connectivity index is 2.17. The second-order valence-corrected chi connectivity index (χ2v) is 8.75. The number of thioether (sulfide) groups is 1. The van der Waals surface area contributed by atoms with E-state index in [0.717, 1.165) is 10.6 Å². The Kier molecular flexibility index (Phi) is 3.72. The summed E-state index contributed by atoms with van der Waals surface area (Å²) >= 11 is 1.71. The van der Waals surface area contributed by atoms with Crippen molar-refractivity contribution in [3.05, 3.63) is 36.3 Å². The molecule has 1 aromatic carbocycles. The lowest BCUT2D eigenvalue weighted by atomic mass is 10.2. The zero-order valence-corrected chi connectivity index (χ0v) is 14.6. The number of para-hydroxylation sites is 1. The zero-order chi connectivity index (χ0) is 16.1. The van der Waals surface area contributed by atoms with Crippen LogP contribution in [0.15, 0.2) is 40.4 Å². The summed E-state index contributed by atoms with van der Waals surface area (Å²) in [6.45, 7) is 5.80. The molecule has 0 fully saturated rings. The molecule has 0 unspecified atom stereocenters. The van der Waals surface area contributed by atoms with Crippen molar-refractivity contribution < 1.29 is 8.42 Å². The molecule has 118 valence electrons. The van der Waals surface area contributed by atoms with E-state index >= 15 is 0 Å². The van der Waals surface area contributed by atoms with Gasteiger partial charge in [-0.05, 0) is 26.0 Å². The fourth-order valence-electron chi connectivity index (χ4n) is 2.55. The van der Waals surface area contributed by atoms with E-state index in [1.807, 2.05) is 31.2 Å². The number of aryl methyl sites for hydroxylation is 2. The number of hydrogen-bond donors (Lipinski definition) is 0. The number of fused-ring (bicyclic) bond motifs is 1. The van der Waals surface area contributed by atoms with Gasteiger partial charge in [0.2, 0.25) is 0 Å². The van der Waals surface area contributed by atoms with Gasteiger partial charge < -0.3 is 4.57 Å². The molecule has 0 N–H and O–H groups in total. The van der Waals surface area contributed by atoms with Gasteiger partial charge in [0.05, 0.1) is 11.7 Å². The van der Waals surface area contributed by atoms with Crippen molar-refractivity contribution in [2.75, 3.05) is 4.31 Å². The highest BCUT2D eigenvalue weighted by molar-refractivity contribution is 8.00. The van der Waals surface area contributed by atoms with Gasteiger partial charge in [0, 0.05) is 23.4 Å². The van der Waals surface area contributed by atoms with Crippen LogP contribution in [0.25, 0.3) is 0 Å². The summed E-state index contributed by atoms with van der Waals surface area (Å²) in [7, 11) is -1.87. The van der Waals surface area contributed by atoms with Gasteiger partial charge in [-0.1, -0.05) is 19.1 Å². The predicted octanol–water partition coefficient (Wildman–Crippen LogP) is 2.81. The van der Waals surface area contributed by atoms with E-state index < -0.39 is 10.0 Å². The molecule has 0 saturated heterocycles. The molecule has 0 saturated carbocycles. The number of hydrogen-bond acceptors (Lipinski definition) is 4. The number of sulfonamides is 1. The summed E-state index contributed by atoms with van der Waals surface area (Å²) in [6, 6.07) is 7.50. The lowest BCUT2D eigenvalue weighted by Crippen LogP contribution is -2.46. The summed E-state index contributed by atoms with van der Waals surface area (Å²) in [5.41, 5.74) is 0.737. The Hall–Kier alpha value is -1.47. The number of nitrogens with zero attached hydrogens (tertiary/aromatic N) is 3. The highest BCUT2D eigenvalue weighted by atomic mass is 32.2. The van der Waals surface area contributed by atoms with Gasteiger partial charge in [0.25, 0.3) is 10.0 Å². The van der Waals surface area contributed by atoms with Gasteiger partial charge in [-0.3, -0.25) is 4.31 Å². The van der Waals surface area contributed by atoms with Crippen molar-refractivity contribution in [3.63, 3.8) is 0 Å². The lowest BCUT2D eigenvalue weighted by molar-refractivity contribution is 0.573. The third kappa shape index (κ3) is 2.32. The van der Waals surface area contributed by atoms with Crippen LogP contribution in [0, 0.1) is 6.92 Å². The maximum absolute atomic E-state index is 13.1. The van der Waals surface area contributed by atoms with Crippen molar-refractivity contribution in [1.29, 1.82) is 0 Å². The van der Waals surface area contributed by atoms with Gasteiger partial charge in [0.1, 0.15) is 5.82 Å². The molecule has 2 heterocycles. The second-order valence-electron chi connectivity index (χ2n) is 5.57. The molecule has 3 rings (SSSR count). The van der Waals surface area contributed by atoms with Crippen molar-refractivity contribution in [3.8, 4) is 0 Å². The fraction of sp³-hybridized carbons (Fsp3) is 0.400. The van der Waals surface area contributed by atoms with Crippen molar-refractivity contribution in [2.24, 2.45) is 7.05 Å². The van der Waals surface area contributed by atoms with Crippen molar-refractivity contribution >= 4 is 27.5 Å². The van der Waals surface area contributed by atoms with Crippen molar-refractivity contribution in [1.82, 2.24) is 9.55 Å². The molecular weight excluding hydrogens is 318 g/mol. The maximum atomic E-state index is 13.1. The number of rotatable bonds is 2. The fourth-order valence-corrected chi connectivity index (χ4v) is 5.62. The lowest BCUT2D eigenvalue weighted by Gasteiger charge is -2.38. The smallest absolute Gasteiger partial charge is 0.283 e. The largest absolute Gasteiger partial charge is 0.337 e. The molecule has 0 spiro atoms. The van der Waals surface area contributed by atoms with E-state index in [0.29, 0.717) is 5.82 Å². The SMILES string of the molecule is Cc1nc(S(=O)(=O)N2c3ccccc3S[C@H](C)[C@H]2C)cn1C. The quantitative estimate of drug-likeness (QED) is 0.845. The molecule has 7 heteroatoms. The molecule has 2 aromatic rings. The Morgan fingerprint density at radius 1 is 1.23 bits per heavy atom. The minimum atomic E-state index is -3.67. The van der Waals surface area contributed by atoms with E-state index in [2.05, 4.69) is 11.9 Å². The van der Waals surface area contributed by atoms with Crippen LogP contribution in [-0.4, -0.2) is 29.3 Å². The molecule has 1 aromatic heterocycles. The standard InChI is InChI=1S/C15H19N3O2S2/c1-10-11(2)21-14-8-6-5-7-13(14)18(10)22(19,20)15-9-17(4)12(3)16-15/h5-11H,1-4H3/t10-,11-/m1/s1. The minimum absolute atomic E-state index is 0.105. The molecule has 0 aliphatic carbocycles. The van der Waals surface area contributed by atoms with E-state index in [-0.39, 0.29) is 16.3 Å². The van der Waals surface area contributed by atoms with Gasteiger partial charge in [0.15, 0.2) is 5.03 Å². The molecule has 0 bridgehead atoms. The second kappa shape index (κ2) is 5.31. The molecule has 2 atom stereocenters. The summed E-state index contributed by atoms with van der Waals surface area (Å²) < 4.78 is 29.5. The van der Waals surface area contributed by atoms with Crippen LogP contribution < -0.4 is 4.31 Å². The molecule has 1 aliphatic rings. The zero-order valence-electron chi connectivity index (χ0n) is 13.0. The van der Waals surface area contributed by atoms with Gasteiger partial charge >= 0.3 is 0 Å². The number of anilines is 1. The highest BCUT2D eigenvalue weighted by Gasteiger charge is 2.38. The highest BCUT2D eigenvalue weighted by Crippen LogP contribution is 2.43. The molecule has 5 nitrogen and oxygen atoms in total. The third-order valence-corrected chi connectivity index (χ3v) is 7.21. The summed E-state index contributed by atoms with van der Waals surface area (Å²) in [5, 5.41) is 0.280. The Labute approximate surface area is 135 Å². The molecule has 1 aliphatic heterocycles. The topological polar surface area (TPSA) is 55.2 Å². The third-order valence-electron chi connectivity index (χ3n) is 4.07. The molecule has 22 heavy (non-hydrogen) atoms. The number of aromatic nitrogens is 2. The van der Waals surface area contributed by atoms with Crippen LogP contribution >= 0.6 is 11.8 Å². The monoisotopic (exact) mass is 337 g/mol. The van der Waals surface area contributed by atoms with Crippen LogP contribution in [0.1, 0.15) is 19.7 Å². The number of imidazole rings is 1. The van der Waals surface area contributed by atoms with Crippen LogP contribution in [-0.2, 0) is 17.1 Å². The molecule has 0 radical (unpaired) electrons. The summed E-state index contributed by atoms with van der Waals surface area (Å²) in [5.74, 6) is 0.680. The van der Waals surface area contributed by atoms with Crippen LogP contribution in [0.2, 0.25) is 0 Å². The van der Waals surface area contributed by atoms with Crippen LogP contribution in [0.4, 0.5) is 5.69 Å². The Morgan fingerprint density at radius 3 is 2.55 bits per heavy atom. The summed E-state index contributed by atoms with van der Waals surface area (Å²) in [6.07, 6.45) is 1.58. The van der Waals surface area contributed by atoms with Crippen LogP contribution in [0.5, 0.6) is 0 Å². The molecular formula is C15H19N3O2S2. The average Bonchev–Trinajstić information content (AvgIpc) is 2.80. The first-order chi connectivity index (χ1) is 10.3. The van der Waals surface area contributed by atoms with Crippen molar-refractivity contribution in [2.45, 2.75) is 42.0 Å². The number of benzene rings is 1. The first-order valence-electron chi connectivity index (χ1n) is 7.12. The predicted molar refractivity (Wildman–Crippen MR) is 88.8 cm³/mol. The van der Waals surface area contributed by atoms with E-state index in [4.69, 9.17) is 0 Å². The first-order valence-corrected chi connectivity index (χ1v) is 9.44.